The van der Waals surface area contributed by atoms with Gasteiger partial charge in [0.05, 0.1) is 10.7 Å². The standard InChI is InChI=1S/C35H45F2N3O5S/c1-4-26-27(8-7-9-29(26)36)28-18-23(22(2)31(41)40-46(43,44)33(3)16-17-33)10-13-30(28)45-25-12-11-24(19-25)39-32(42)35(37)20-34(38-21-35)14-5-6-15-34/h7-10,13,18,22,24-25,38H,4-6,11-12,14-17,19-21H2,1-3H3,(H,39,42)(H,40,41)/t22-,24-,25-,35+/m1/s1. The van der Waals surface area contributed by atoms with E-state index in [0.717, 1.165) is 25.7 Å². The molecule has 1 aliphatic heterocycles. The molecule has 4 aliphatic rings. The Balaban J connectivity index is 1.19. The topological polar surface area (TPSA) is 114 Å². The zero-order valence-corrected chi connectivity index (χ0v) is 27.7. The Morgan fingerprint density at radius 1 is 1.09 bits per heavy atom. The Labute approximate surface area is 270 Å². The van der Waals surface area contributed by atoms with Crippen LogP contribution in [0, 0.1) is 5.82 Å². The van der Waals surface area contributed by atoms with Crippen LogP contribution in [-0.4, -0.2) is 54.9 Å². The van der Waals surface area contributed by atoms with E-state index in [1.54, 1.807) is 38.1 Å². The number of carbonyl (C=O) groups is 2. The van der Waals surface area contributed by atoms with E-state index in [4.69, 9.17) is 4.74 Å². The molecule has 8 nitrogen and oxygen atoms in total. The molecule has 0 bridgehead atoms. The van der Waals surface area contributed by atoms with Crippen LogP contribution < -0.4 is 20.1 Å². The molecule has 2 amide bonds. The minimum atomic E-state index is -3.80. The van der Waals surface area contributed by atoms with Crippen molar-refractivity contribution in [2.75, 3.05) is 6.54 Å². The van der Waals surface area contributed by atoms with E-state index in [9.17, 15) is 22.4 Å². The van der Waals surface area contributed by atoms with Crippen LogP contribution in [0.2, 0.25) is 0 Å². The number of rotatable bonds is 10. The van der Waals surface area contributed by atoms with E-state index in [0.29, 0.717) is 66.5 Å². The minimum absolute atomic E-state index is 0.0380. The van der Waals surface area contributed by atoms with Crippen molar-refractivity contribution in [3.8, 4) is 16.9 Å². The van der Waals surface area contributed by atoms with Crippen molar-refractivity contribution < 1.29 is 31.5 Å². The minimum Gasteiger partial charge on any atom is -0.490 e. The number of carbonyl (C=O) groups excluding carboxylic acids is 2. The molecule has 3 saturated carbocycles. The number of sulfonamides is 1. The Morgan fingerprint density at radius 2 is 1.83 bits per heavy atom. The largest absolute Gasteiger partial charge is 0.490 e. The fourth-order valence-corrected chi connectivity index (χ4v) is 8.80. The van der Waals surface area contributed by atoms with Crippen LogP contribution in [0.5, 0.6) is 5.75 Å². The predicted octanol–water partition coefficient (Wildman–Crippen LogP) is 5.59. The van der Waals surface area contributed by atoms with Gasteiger partial charge in [0.1, 0.15) is 17.7 Å². The Kier molecular flexibility index (Phi) is 8.72. The summed E-state index contributed by atoms with van der Waals surface area (Å²) in [4.78, 5) is 26.2. The van der Waals surface area contributed by atoms with Crippen molar-refractivity contribution in [1.82, 2.24) is 15.4 Å². The second-order valence-electron chi connectivity index (χ2n) is 14.2. The van der Waals surface area contributed by atoms with Crippen LogP contribution in [0.25, 0.3) is 11.1 Å². The molecule has 4 fully saturated rings. The van der Waals surface area contributed by atoms with Gasteiger partial charge in [0.2, 0.25) is 21.6 Å². The van der Waals surface area contributed by atoms with Crippen molar-refractivity contribution in [1.29, 1.82) is 0 Å². The van der Waals surface area contributed by atoms with Gasteiger partial charge in [-0.15, -0.1) is 0 Å². The van der Waals surface area contributed by atoms with Gasteiger partial charge in [0.25, 0.3) is 5.91 Å². The summed E-state index contributed by atoms with van der Waals surface area (Å²) in [6, 6.07) is 9.85. The van der Waals surface area contributed by atoms with Crippen molar-refractivity contribution in [3.05, 3.63) is 53.3 Å². The number of ether oxygens (including phenoxy) is 1. The maximum Gasteiger partial charge on any atom is 0.259 e. The van der Waals surface area contributed by atoms with E-state index in [2.05, 4.69) is 15.4 Å². The third kappa shape index (κ3) is 6.29. The van der Waals surface area contributed by atoms with Gasteiger partial charge in [0, 0.05) is 36.5 Å². The summed E-state index contributed by atoms with van der Waals surface area (Å²) in [7, 11) is -3.80. The summed E-state index contributed by atoms with van der Waals surface area (Å²) in [6.07, 6.45) is 7.10. The lowest BCUT2D eigenvalue weighted by Gasteiger charge is -2.25. The molecule has 0 aromatic heterocycles. The van der Waals surface area contributed by atoms with Crippen molar-refractivity contribution in [2.24, 2.45) is 0 Å². The number of hydrogen-bond acceptors (Lipinski definition) is 6. The molecular weight excluding hydrogens is 612 g/mol. The van der Waals surface area contributed by atoms with Gasteiger partial charge in [-0.05, 0) is 93.7 Å². The van der Waals surface area contributed by atoms with Crippen LogP contribution in [0.1, 0.15) is 102 Å². The molecule has 250 valence electrons. The highest BCUT2D eigenvalue weighted by atomic mass is 32.2. The normalized spacial score (nSPS) is 27.0. The first kappa shape index (κ1) is 32.9. The van der Waals surface area contributed by atoms with Crippen molar-refractivity contribution in [2.45, 2.75) is 125 Å². The molecule has 1 heterocycles. The summed E-state index contributed by atoms with van der Waals surface area (Å²) in [5, 5.41) is 6.25. The molecule has 1 spiro atoms. The molecule has 2 aromatic carbocycles. The second-order valence-corrected chi connectivity index (χ2v) is 16.4. The second kappa shape index (κ2) is 12.2. The molecule has 3 N–H and O–H groups in total. The van der Waals surface area contributed by atoms with Crippen LogP contribution in [0.4, 0.5) is 8.78 Å². The molecule has 0 radical (unpaired) electrons. The fourth-order valence-electron chi connectivity index (χ4n) is 7.47. The van der Waals surface area contributed by atoms with E-state index in [1.807, 2.05) is 13.0 Å². The average molecular weight is 658 g/mol. The molecule has 46 heavy (non-hydrogen) atoms. The molecule has 2 aromatic rings. The molecule has 4 atom stereocenters. The molecule has 1 saturated heterocycles. The highest BCUT2D eigenvalue weighted by Gasteiger charge is 2.54. The lowest BCUT2D eigenvalue weighted by Crippen LogP contribution is -2.48. The summed E-state index contributed by atoms with van der Waals surface area (Å²) in [6.45, 7) is 5.17. The summed E-state index contributed by atoms with van der Waals surface area (Å²) < 4.78 is 64.0. The predicted molar refractivity (Wildman–Crippen MR) is 172 cm³/mol. The first-order valence-corrected chi connectivity index (χ1v) is 18.1. The monoisotopic (exact) mass is 657 g/mol. The smallest absolute Gasteiger partial charge is 0.259 e. The zero-order chi connectivity index (χ0) is 32.9. The van der Waals surface area contributed by atoms with Gasteiger partial charge >= 0.3 is 0 Å². The Bertz CT molecular complexity index is 1620. The quantitative estimate of drug-likeness (QED) is 0.307. The summed E-state index contributed by atoms with van der Waals surface area (Å²) >= 11 is 0. The van der Waals surface area contributed by atoms with Crippen molar-refractivity contribution >= 4 is 21.8 Å². The van der Waals surface area contributed by atoms with Crippen LogP contribution in [0.15, 0.2) is 36.4 Å². The first-order valence-electron chi connectivity index (χ1n) is 16.7. The summed E-state index contributed by atoms with van der Waals surface area (Å²) in [5.41, 5.74) is 0.116. The number of nitrogens with one attached hydrogen (secondary N) is 3. The van der Waals surface area contributed by atoms with E-state index in [-0.39, 0.29) is 36.5 Å². The van der Waals surface area contributed by atoms with Gasteiger partial charge in [-0.1, -0.05) is 38.0 Å². The number of hydrogen-bond donors (Lipinski definition) is 3. The van der Waals surface area contributed by atoms with Crippen LogP contribution in [0.3, 0.4) is 0 Å². The van der Waals surface area contributed by atoms with Crippen LogP contribution >= 0.6 is 0 Å². The maximum atomic E-state index is 15.8. The van der Waals surface area contributed by atoms with E-state index in [1.165, 1.54) is 6.07 Å². The van der Waals surface area contributed by atoms with Crippen LogP contribution in [-0.2, 0) is 26.0 Å². The third-order valence-electron chi connectivity index (χ3n) is 10.8. The molecule has 3 aliphatic carbocycles. The fraction of sp³-hybridized carbons (Fsp3) is 0.600. The number of alkyl halides is 1. The number of benzene rings is 2. The molecular formula is C35H45F2N3O5S. The lowest BCUT2D eigenvalue weighted by molar-refractivity contribution is -0.132. The first-order chi connectivity index (χ1) is 21.8. The zero-order valence-electron chi connectivity index (χ0n) is 26.9. The summed E-state index contributed by atoms with van der Waals surface area (Å²) in [5.74, 6) is -1.83. The molecule has 11 heteroatoms. The Hall–Kier alpha value is -3.05. The SMILES string of the molecule is CCc1c(F)cccc1-c1cc([C@@H](C)C(=O)NS(=O)(=O)C2(C)CC2)ccc1O[C@@H]1CC[C@@H](NC(=O)[C@@]2(F)CNC3(CCCC3)C2)C1. The number of amides is 2. The third-order valence-corrected chi connectivity index (χ3v) is 13.0. The van der Waals surface area contributed by atoms with Gasteiger partial charge in [-0.3, -0.25) is 14.3 Å². The molecule has 6 rings (SSSR count). The van der Waals surface area contributed by atoms with Gasteiger partial charge in [-0.25, -0.2) is 17.2 Å². The van der Waals surface area contributed by atoms with E-state index >= 15 is 4.39 Å². The highest BCUT2D eigenvalue weighted by molar-refractivity contribution is 7.91. The van der Waals surface area contributed by atoms with Gasteiger partial charge in [-0.2, -0.15) is 0 Å². The van der Waals surface area contributed by atoms with Crippen molar-refractivity contribution in [3.63, 3.8) is 0 Å². The maximum absolute atomic E-state index is 15.8. The Morgan fingerprint density at radius 3 is 2.52 bits per heavy atom. The van der Waals surface area contributed by atoms with Gasteiger partial charge < -0.3 is 15.4 Å². The lowest BCUT2D eigenvalue weighted by atomic mass is 9.89. The number of halogens is 2. The highest BCUT2D eigenvalue weighted by Crippen LogP contribution is 2.44. The molecule has 0 unspecified atom stereocenters. The van der Waals surface area contributed by atoms with E-state index < -0.39 is 38.2 Å². The van der Waals surface area contributed by atoms with Gasteiger partial charge in [0.15, 0.2) is 0 Å². The average Bonchev–Trinajstić information content (AvgIpc) is 3.32.